The molecule has 0 amide bonds. The minimum absolute atomic E-state index is 0.259. The fourth-order valence-corrected chi connectivity index (χ4v) is 1.56. The van der Waals surface area contributed by atoms with Crippen LogP contribution in [0.2, 0.25) is 0 Å². The third-order valence-corrected chi connectivity index (χ3v) is 2.44. The fourth-order valence-electron chi connectivity index (χ4n) is 1.56. The van der Waals surface area contributed by atoms with E-state index in [9.17, 15) is 0 Å². The van der Waals surface area contributed by atoms with Crippen molar-refractivity contribution in [3.63, 3.8) is 0 Å². The van der Waals surface area contributed by atoms with Crippen LogP contribution in [-0.4, -0.2) is 36.2 Å². The Labute approximate surface area is 101 Å². The minimum atomic E-state index is 0.259. The number of aliphatic hydroxyl groups excluding tert-OH is 1. The Morgan fingerprint density at radius 3 is 1.69 bits per heavy atom. The van der Waals surface area contributed by atoms with Crippen LogP contribution in [-0.2, 0) is 0 Å². The van der Waals surface area contributed by atoms with Gasteiger partial charge in [-0.2, -0.15) is 0 Å². The molecule has 0 bridgehead atoms. The Kier molecular flexibility index (Phi) is 12.0. The van der Waals surface area contributed by atoms with Gasteiger partial charge >= 0.3 is 0 Å². The van der Waals surface area contributed by atoms with E-state index in [0.717, 1.165) is 45.3 Å². The molecule has 0 aromatic rings. The van der Waals surface area contributed by atoms with Gasteiger partial charge in [0, 0.05) is 19.6 Å². The first-order chi connectivity index (χ1) is 7.85. The average molecular weight is 225 g/mol. The van der Waals surface area contributed by atoms with E-state index in [2.05, 4.69) is 43.1 Å². The molecular weight excluding hydrogens is 198 g/mol. The molecule has 94 valence electrons. The van der Waals surface area contributed by atoms with Crippen LogP contribution in [0.5, 0.6) is 0 Å². The highest BCUT2D eigenvalue weighted by molar-refractivity contribution is 4.83. The number of aliphatic hydroxyl groups is 1. The van der Waals surface area contributed by atoms with Crippen molar-refractivity contribution in [2.75, 3.05) is 26.2 Å². The molecule has 0 spiro atoms. The van der Waals surface area contributed by atoms with Crippen molar-refractivity contribution >= 4 is 0 Å². The highest BCUT2D eigenvalue weighted by atomic mass is 16.3. The van der Waals surface area contributed by atoms with Crippen LogP contribution in [0.15, 0.2) is 24.3 Å². The summed E-state index contributed by atoms with van der Waals surface area (Å²) in [5, 5.41) is 8.96. The van der Waals surface area contributed by atoms with Gasteiger partial charge in [-0.25, -0.2) is 0 Å². The van der Waals surface area contributed by atoms with E-state index in [4.69, 9.17) is 5.11 Å². The molecule has 0 aliphatic heterocycles. The molecule has 0 saturated heterocycles. The molecule has 0 rings (SSSR count). The van der Waals surface area contributed by atoms with Gasteiger partial charge in [0.05, 0.1) is 6.61 Å². The Morgan fingerprint density at radius 1 is 0.812 bits per heavy atom. The SMILES string of the molecule is CCC=CCCN(CCO)CCC=CCC. The molecule has 2 heteroatoms. The summed E-state index contributed by atoms with van der Waals surface area (Å²) in [5.74, 6) is 0. The topological polar surface area (TPSA) is 23.5 Å². The van der Waals surface area contributed by atoms with Gasteiger partial charge in [-0.3, -0.25) is 0 Å². The molecule has 0 aromatic heterocycles. The van der Waals surface area contributed by atoms with E-state index >= 15 is 0 Å². The maximum atomic E-state index is 8.96. The lowest BCUT2D eigenvalue weighted by molar-refractivity contribution is 0.200. The van der Waals surface area contributed by atoms with E-state index in [0.29, 0.717) is 0 Å². The first kappa shape index (κ1) is 15.4. The van der Waals surface area contributed by atoms with Gasteiger partial charge in [-0.05, 0) is 25.7 Å². The molecule has 0 unspecified atom stereocenters. The summed E-state index contributed by atoms with van der Waals surface area (Å²) >= 11 is 0. The van der Waals surface area contributed by atoms with Crippen molar-refractivity contribution in [3.05, 3.63) is 24.3 Å². The zero-order valence-corrected chi connectivity index (χ0v) is 10.9. The molecule has 0 radical (unpaired) electrons. The summed E-state index contributed by atoms with van der Waals surface area (Å²) < 4.78 is 0. The molecule has 0 aliphatic carbocycles. The lowest BCUT2D eigenvalue weighted by atomic mass is 10.3. The van der Waals surface area contributed by atoms with Crippen LogP contribution in [0, 0.1) is 0 Å². The lowest BCUT2D eigenvalue weighted by Gasteiger charge is -2.19. The molecule has 0 heterocycles. The average Bonchev–Trinajstić information content (AvgIpc) is 2.30. The second kappa shape index (κ2) is 12.5. The normalized spacial score (nSPS) is 12.2. The third kappa shape index (κ3) is 9.94. The number of nitrogens with zero attached hydrogens (tertiary/aromatic N) is 1. The second-order valence-corrected chi connectivity index (χ2v) is 3.90. The van der Waals surface area contributed by atoms with Crippen LogP contribution in [0.3, 0.4) is 0 Å². The van der Waals surface area contributed by atoms with Gasteiger partial charge < -0.3 is 10.0 Å². The molecular formula is C14H27NO. The van der Waals surface area contributed by atoms with Gasteiger partial charge in [-0.1, -0.05) is 38.2 Å². The Balaban J connectivity index is 3.69. The van der Waals surface area contributed by atoms with Gasteiger partial charge in [0.25, 0.3) is 0 Å². The zero-order chi connectivity index (χ0) is 12.1. The van der Waals surface area contributed by atoms with Crippen LogP contribution < -0.4 is 0 Å². The van der Waals surface area contributed by atoms with Gasteiger partial charge in [-0.15, -0.1) is 0 Å². The molecule has 2 nitrogen and oxygen atoms in total. The van der Waals surface area contributed by atoms with Crippen molar-refractivity contribution < 1.29 is 5.11 Å². The van der Waals surface area contributed by atoms with E-state index in [-0.39, 0.29) is 6.61 Å². The van der Waals surface area contributed by atoms with E-state index < -0.39 is 0 Å². The highest BCUT2D eigenvalue weighted by Gasteiger charge is 2.00. The molecule has 0 aromatic carbocycles. The predicted octanol–water partition coefficient (Wildman–Crippen LogP) is 2.99. The molecule has 16 heavy (non-hydrogen) atoms. The monoisotopic (exact) mass is 225 g/mol. The first-order valence-corrected chi connectivity index (χ1v) is 6.48. The number of hydrogen-bond donors (Lipinski definition) is 1. The Morgan fingerprint density at radius 2 is 1.31 bits per heavy atom. The number of rotatable bonds is 10. The van der Waals surface area contributed by atoms with Crippen molar-refractivity contribution in [1.29, 1.82) is 0 Å². The first-order valence-electron chi connectivity index (χ1n) is 6.48. The lowest BCUT2D eigenvalue weighted by Crippen LogP contribution is -2.28. The summed E-state index contributed by atoms with van der Waals surface area (Å²) in [6.45, 7) is 7.46. The van der Waals surface area contributed by atoms with E-state index in [1.165, 1.54) is 0 Å². The second-order valence-electron chi connectivity index (χ2n) is 3.90. The smallest absolute Gasteiger partial charge is 0.0558 e. The quantitative estimate of drug-likeness (QED) is 0.578. The van der Waals surface area contributed by atoms with Crippen molar-refractivity contribution in [2.45, 2.75) is 39.5 Å². The summed E-state index contributed by atoms with van der Waals surface area (Å²) in [4.78, 5) is 2.32. The van der Waals surface area contributed by atoms with Crippen molar-refractivity contribution in [2.24, 2.45) is 0 Å². The molecule has 0 saturated carbocycles. The molecule has 0 fully saturated rings. The fraction of sp³-hybridized carbons (Fsp3) is 0.714. The predicted molar refractivity (Wildman–Crippen MR) is 71.6 cm³/mol. The number of hydrogen-bond acceptors (Lipinski definition) is 2. The molecule has 1 N–H and O–H groups in total. The highest BCUT2D eigenvalue weighted by Crippen LogP contribution is 1.97. The summed E-state index contributed by atoms with van der Waals surface area (Å²) in [5.41, 5.74) is 0. The number of allylic oxidation sites excluding steroid dienone is 2. The van der Waals surface area contributed by atoms with Crippen LogP contribution in [0.25, 0.3) is 0 Å². The van der Waals surface area contributed by atoms with Crippen LogP contribution in [0.1, 0.15) is 39.5 Å². The van der Waals surface area contributed by atoms with Crippen LogP contribution in [0.4, 0.5) is 0 Å². The standard InChI is InChI=1S/C14H27NO/c1-3-5-7-9-11-15(13-14-16)12-10-8-6-4-2/h5-8,16H,3-4,9-14H2,1-2H3. The summed E-state index contributed by atoms with van der Waals surface area (Å²) in [6, 6.07) is 0. The maximum Gasteiger partial charge on any atom is 0.0558 e. The van der Waals surface area contributed by atoms with E-state index in [1.54, 1.807) is 0 Å². The molecule has 0 atom stereocenters. The van der Waals surface area contributed by atoms with Gasteiger partial charge in [0.15, 0.2) is 0 Å². The van der Waals surface area contributed by atoms with E-state index in [1.807, 2.05) is 0 Å². The summed E-state index contributed by atoms with van der Waals surface area (Å²) in [6.07, 6.45) is 13.3. The van der Waals surface area contributed by atoms with Gasteiger partial charge in [0.2, 0.25) is 0 Å². The Hall–Kier alpha value is -0.600. The third-order valence-electron chi connectivity index (χ3n) is 2.44. The molecule has 0 aliphatic rings. The Bertz CT molecular complexity index is 169. The minimum Gasteiger partial charge on any atom is -0.395 e. The van der Waals surface area contributed by atoms with Crippen molar-refractivity contribution in [3.8, 4) is 0 Å². The zero-order valence-electron chi connectivity index (χ0n) is 10.9. The largest absolute Gasteiger partial charge is 0.395 e. The van der Waals surface area contributed by atoms with Gasteiger partial charge in [0.1, 0.15) is 0 Å². The van der Waals surface area contributed by atoms with Crippen LogP contribution >= 0.6 is 0 Å². The van der Waals surface area contributed by atoms with Crippen molar-refractivity contribution in [1.82, 2.24) is 4.90 Å². The summed E-state index contributed by atoms with van der Waals surface area (Å²) in [7, 11) is 0. The maximum absolute atomic E-state index is 8.96.